The zero-order valence-corrected chi connectivity index (χ0v) is 20.2. The molecule has 0 unspecified atom stereocenters. The van der Waals surface area contributed by atoms with Crippen LogP contribution >= 0.6 is 0 Å². The zero-order valence-electron chi connectivity index (χ0n) is 20.2. The van der Waals surface area contributed by atoms with Crippen LogP contribution in [0.5, 0.6) is 0 Å². The van der Waals surface area contributed by atoms with Gasteiger partial charge in [0.25, 0.3) is 0 Å². The van der Waals surface area contributed by atoms with Crippen LogP contribution in [-0.4, -0.2) is 73.3 Å². The fourth-order valence-electron chi connectivity index (χ4n) is 4.49. The Balaban J connectivity index is 1.43. The van der Waals surface area contributed by atoms with E-state index in [0.717, 1.165) is 10.9 Å². The number of piperidine rings is 1. The third kappa shape index (κ3) is 4.45. The number of anilines is 4. The standard InChI is InChI=1S/C23H30FN9O2/c1-13(2)33-16-9-19(26-10-14(16)20(30-33)32-12-23(3,4)29-22(32)35)27-18-5-7-25-21(28-18)31-8-6-17(34)15(24)11-31/h5,7,9-10,13,15,17,34H,6,8,11-12H2,1-4H3,(H,29,35)(H,25,26,27,28)/t15-,17+/m1/s1. The number of carbonyl (C=O) groups excluding carboxylic acids is 1. The van der Waals surface area contributed by atoms with Crippen molar-refractivity contribution < 1.29 is 14.3 Å². The smallest absolute Gasteiger partial charge is 0.323 e. The number of halogens is 1. The van der Waals surface area contributed by atoms with Crippen LogP contribution in [0.1, 0.15) is 40.2 Å². The van der Waals surface area contributed by atoms with Crippen molar-refractivity contribution in [2.24, 2.45) is 0 Å². The topological polar surface area (TPSA) is 124 Å². The van der Waals surface area contributed by atoms with Gasteiger partial charge in [0.1, 0.15) is 17.8 Å². The molecule has 3 aromatic rings. The maximum Gasteiger partial charge on any atom is 0.323 e. The number of amides is 2. The molecule has 0 radical (unpaired) electrons. The first-order valence-corrected chi connectivity index (χ1v) is 11.8. The number of nitrogens with one attached hydrogen (secondary N) is 2. The van der Waals surface area contributed by atoms with Gasteiger partial charge in [-0.05, 0) is 40.2 Å². The number of carbonyl (C=O) groups is 1. The first kappa shape index (κ1) is 23.2. The lowest BCUT2D eigenvalue weighted by Gasteiger charge is -2.32. The van der Waals surface area contributed by atoms with Gasteiger partial charge in [0.15, 0.2) is 5.82 Å². The molecular weight excluding hydrogens is 453 g/mol. The lowest BCUT2D eigenvalue weighted by Crippen LogP contribution is -2.45. The van der Waals surface area contributed by atoms with Crippen LogP contribution in [0.3, 0.4) is 0 Å². The second kappa shape index (κ2) is 8.59. The van der Waals surface area contributed by atoms with E-state index in [1.165, 1.54) is 0 Å². The Labute approximate surface area is 202 Å². The first-order chi connectivity index (χ1) is 16.6. The highest BCUT2D eigenvalue weighted by Crippen LogP contribution is 2.32. The molecule has 3 N–H and O–H groups in total. The maximum atomic E-state index is 14.0. The van der Waals surface area contributed by atoms with Gasteiger partial charge in [0.2, 0.25) is 5.95 Å². The highest BCUT2D eigenvalue weighted by atomic mass is 19.1. The quantitative estimate of drug-likeness (QED) is 0.506. The second-order valence-corrected chi connectivity index (χ2v) is 10.0. The van der Waals surface area contributed by atoms with E-state index >= 15 is 0 Å². The minimum Gasteiger partial charge on any atom is -0.390 e. The summed E-state index contributed by atoms with van der Waals surface area (Å²) in [4.78, 5) is 29.3. The summed E-state index contributed by atoms with van der Waals surface area (Å²) in [5, 5.41) is 21.4. The summed E-state index contributed by atoms with van der Waals surface area (Å²) in [5.41, 5.74) is 0.490. The van der Waals surface area contributed by atoms with Crippen molar-refractivity contribution in [1.82, 2.24) is 30.0 Å². The molecule has 0 aromatic carbocycles. The fraction of sp³-hybridized carbons (Fsp3) is 0.522. The summed E-state index contributed by atoms with van der Waals surface area (Å²) in [6, 6.07) is 3.47. The van der Waals surface area contributed by atoms with E-state index in [2.05, 4.69) is 25.6 Å². The van der Waals surface area contributed by atoms with Gasteiger partial charge < -0.3 is 20.6 Å². The van der Waals surface area contributed by atoms with Gasteiger partial charge in [-0.3, -0.25) is 9.58 Å². The van der Waals surface area contributed by atoms with Crippen molar-refractivity contribution in [2.45, 2.75) is 58.0 Å². The molecule has 2 aliphatic rings. The van der Waals surface area contributed by atoms with Gasteiger partial charge in [0.05, 0.1) is 35.6 Å². The minimum absolute atomic E-state index is 0.0477. The molecule has 12 heteroatoms. The van der Waals surface area contributed by atoms with Crippen molar-refractivity contribution in [1.29, 1.82) is 0 Å². The Morgan fingerprint density at radius 1 is 1.29 bits per heavy atom. The van der Waals surface area contributed by atoms with E-state index < -0.39 is 12.3 Å². The van der Waals surface area contributed by atoms with Crippen LogP contribution in [-0.2, 0) is 0 Å². The van der Waals surface area contributed by atoms with E-state index in [-0.39, 0.29) is 24.2 Å². The Morgan fingerprint density at radius 2 is 2.09 bits per heavy atom. The van der Waals surface area contributed by atoms with E-state index in [0.29, 0.717) is 42.9 Å². The number of aliphatic hydroxyl groups excluding tert-OH is 1. The van der Waals surface area contributed by atoms with E-state index in [1.807, 2.05) is 38.4 Å². The van der Waals surface area contributed by atoms with Crippen LogP contribution in [0.4, 0.5) is 32.6 Å². The highest BCUT2D eigenvalue weighted by molar-refractivity contribution is 6.03. The number of nitrogens with zero attached hydrogens (tertiary/aromatic N) is 7. The molecule has 186 valence electrons. The molecule has 2 fully saturated rings. The van der Waals surface area contributed by atoms with Crippen molar-refractivity contribution in [2.75, 3.05) is 34.8 Å². The number of hydrogen-bond donors (Lipinski definition) is 3. The van der Waals surface area contributed by atoms with Crippen LogP contribution in [0.15, 0.2) is 24.5 Å². The molecule has 5 rings (SSSR count). The molecule has 0 spiro atoms. The van der Waals surface area contributed by atoms with Crippen LogP contribution in [0.25, 0.3) is 10.9 Å². The molecule has 0 aliphatic carbocycles. The summed E-state index contributed by atoms with van der Waals surface area (Å²) in [6.45, 7) is 9.04. The predicted octanol–water partition coefficient (Wildman–Crippen LogP) is 2.76. The highest BCUT2D eigenvalue weighted by Gasteiger charge is 2.38. The van der Waals surface area contributed by atoms with Crippen molar-refractivity contribution in [3.8, 4) is 0 Å². The summed E-state index contributed by atoms with van der Waals surface area (Å²) < 4.78 is 15.9. The van der Waals surface area contributed by atoms with E-state index in [4.69, 9.17) is 5.10 Å². The summed E-state index contributed by atoms with van der Waals surface area (Å²) in [5.74, 6) is 2.04. The Kier molecular flexibility index (Phi) is 5.70. The summed E-state index contributed by atoms with van der Waals surface area (Å²) >= 11 is 0. The van der Waals surface area contributed by atoms with Crippen molar-refractivity contribution >= 4 is 40.3 Å². The van der Waals surface area contributed by atoms with Gasteiger partial charge in [-0.1, -0.05) is 0 Å². The lowest BCUT2D eigenvalue weighted by atomic mass is 10.1. The normalized spacial score (nSPS) is 22.2. The predicted molar refractivity (Wildman–Crippen MR) is 131 cm³/mol. The fourth-order valence-corrected chi connectivity index (χ4v) is 4.49. The third-order valence-electron chi connectivity index (χ3n) is 6.25. The van der Waals surface area contributed by atoms with Crippen LogP contribution < -0.4 is 20.4 Å². The number of urea groups is 1. The number of fused-ring (bicyclic) bond motifs is 1. The SMILES string of the molecule is CC(C)n1nc(N2CC(C)(C)NC2=O)c2cnc(Nc3ccnc(N4CC[C@H](O)[C@H](F)C4)n3)cc21. The average Bonchev–Trinajstić information content (AvgIpc) is 3.31. The molecule has 0 bridgehead atoms. The van der Waals surface area contributed by atoms with Gasteiger partial charge in [-0.15, -0.1) is 0 Å². The number of aromatic nitrogens is 5. The van der Waals surface area contributed by atoms with Gasteiger partial charge in [-0.2, -0.15) is 10.1 Å². The molecule has 2 saturated heterocycles. The maximum absolute atomic E-state index is 14.0. The van der Waals surface area contributed by atoms with Gasteiger partial charge >= 0.3 is 6.03 Å². The molecule has 11 nitrogen and oxygen atoms in total. The van der Waals surface area contributed by atoms with Crippen molar-refractivity contribution in [3.63, 3.8) is 0 Å². The van der Waals surface area contributed by atoms with Crippen molar-refractivity contribution in [3.05, 3.63) is 24.5 Å². The monoisotopic (exact) mass is 483 g/mol. The van der Waals surface area contributed by atoms with Gasteiger partial charge in [-0.25, -0.2) is 19.2 Å². The second-order valence-electron chi connectivity index (χ2n) is 10.0. The largest absolute Gasteiger partial charge is 0.390 e. The lowest BCUT2D eigenvalue weighted by molar-refractivity contribution is 0.0612. The summed E-state index contributed by atoms with van der Waals surface area (Å²) in [7, 11) is 0. The molecule has 2 aliphatic heterocycles. The van der Waals surface area contributed by atoms with Crippen LogP contribution in [0, 0.1) is 0 Å². The van der Waals surface area contributed by atoms with E-state index in [9.17, 15) is 14.3 Å². The van der Waals surface area contributed by atoms with E-state index in [1.54, 1.807) is 28.3 Å². The average molecular weight is 484 g/mol. The zero-order chi connectivity index (χ0) is 24.9. The number of aliphatic hydroxyl groups is 1. The molecular formula is C23H30FN9O2. The van der Waals surface area contributed by atoms with Gasteiger partial charge in [0, 0.05) is 31.0 Å². The molecule has 35 heavy (non-hydrogen) atoms. The molecule has 3 aromatic heterocycles. The molecule has 5 heterocycles. The first-order valence-electron chi connectivity index (χ1n) is 11.8. The van der Waals surface area contributed by atoms with Crippen LogP contribution in [0.2, 0.25) is 0 Å². The number of rotatable bonds is 5. The molecule has 0 saturated carbocycles. The Hall–Kier alpha value is -3.54. The third-order valence-corrected chi connectivity index (χ3v) is 6.25. The Morgan fingerprint density at radius 3 is 2.77 bits per heavy atom. The molecule has 2 atom stereocenters. The minimum atomic E-state index is -1.33. The number of hydrogen-bond acceptors (Lipinski definition) is 8. The number of pyridine rings is 1. The Bertz CT molecular complexity index is 1260. The molecule has 2 amide bonds. The number of alkyl halides is 1. The summed E-state index contributed by atoms with van der Waals surface area (Å²) in [6.07, 6.45) is 1.36.